The van der Waals surface area contributed by atoms with Crippen molar-refractivity contribution in [2.75, 3.05) is 39.6 Å². The van der Waals surface area contributed by atoms with Crippen LogP contribution in [0.1, 0.15) is 421 Å². The average molecular weight is 1480 g/mol. The van der Waals surface area contributed by atoms with Crippen LogP contribution in [-0.4, -0.2) is 96.7 Å². The topological polar surface area (TPSA) is 237 Å². The molecule has 600 valence electrons. The van der Waals surface area contributed by atoms with E-state index in [1.807, 2.05) is 0 Å². The highest BCUT2D eigenvalue weighted by atomic mass is 31.2. The first-order valence-corrected chi connectivity index (χ1v) is 45.2. The predicted molar refractivity (Wildman–Crippen MR) is 414 cm³/mol. The summed E-state index contributed by atoms with van der Waals surface area (Å²) in [5.41, 5.74) is 0. The Morgan fingerprint density at radius 2 is 0.475 bits per heavy atom. The Balaban J connectivity index is 5.21. The molecule has 0 radical (unpaired) electrons. The molecule has 0 aliphatic heterocycles. The van der Waals surface area contributed by atoms with E-state index in [2.05, 4.69) is 55.4 Å². The lowest BCUT2D eigenvalue weighted by molar-refractivity contribution is -0.161. The van der Waals surface area contributed by atoms with E-state index in [1.54, 1.807) is 0 Å². The number of hydrogen-bond acceptors (Lipinski definition) is 15. The number of aliphatic hydroxyl groups excluding tert-OH is 1. The van der Waals surface area contributed by atoms with Crippen LogP contribution in [0.4, 0.5) is 0 Å². The van der Waals surface area contributed by atoms with Crippen LogP contribution in [-0.2, 0) is 65.4 Å². The van der Waals surface area contributed by atoms with Crippen molar-refractivity contribution in [3.8, 4) is 0 Å². The van der Waals surface area contributed by atoms with Crippen molar-refractivity contribution in [3.05, 3.63) is 0 Å². The van der Waals surface area contributed by atoms with Gasteiger partial charge in [-0.25, -0.2) is 9.13 Å². The van der Waals surface area contributed by atoms with E-state index in [0.29, 0.717) is 31.6 Å². The van der Waals surface area contributed by atoms with Gasteiger partial charge in [0.25, 0.3) is 0 Å². The molecular formula is C82H160O17P2. The van der Waals surface area contributed by atoms with Gasteiger partial charge in [0.15, 0.2) is 12.2 Å². The van der Waals surface area contributed by atoms with Crippen molar-refractivity contribution < 1.29 is 80.2 Å². The molecule has 0 aliphatic rings. The van der Waals surface area contributed by atoms with Gasteiger partial charge in [0.1, 0.15) is 19.3 Å². The second kappa shape index (κ2) is 71.0. The normalized spacial score (nSPS) is 14.3. The predicted octanol–water partition coefficient (Wildman–Crippen LogP) is 24.4. The molecule has 0 spiro atoms. The zero-order chi connectivity index (χ0) is 74.6. The Kier molecular flexibility index (Phi) is 69.6. The number of carbonyl (C=O) groups excluding carboxylic acids is 4. The second-order valence-electron chi connectivity index (χ2n) is 31.2. The first-order chi connectivity index (χ1) is 48.6. The highest BCUT2D eigenvalue weighted by Crippen LogP contribution is 2.45. The largest absolute Gasteiger partial charge is 0.472 e. The Labute approximate surface area is 619 Å². The number of carbonyl (C=O) groups is 4. The zero-order valence-electron chi connectivity index (χ0n) is 66.5. The Morgan fingerprint density at radius 1 is 0.277 bits per heavy atom. The number of phosphoric ester groups is 2. The lowest BCUT2D eigenvalue weighted by Gasteiger charge is -2.21. The third kappa shape index (κ3) is 74.7. The number of unbranched alkanes of at least 4 members (excludes halogenated alkanes) is 44. The molecule has 0 aromatic carbocycles. The van der Waals surface area contributed by atoms with Crippen molar-refractivity contribution in [1.29, 1.82) is 0 Å². The standard InChI is InChI=1S/C82H160O17P2/c1-9-75(8)61-53-45-36-30-23-19-16-17-21-25-32-38-48-56-64-81(86)98-77(68-92-79(84)62-54-46-37-31-24-20-15-13-11-10-12-14-18-22-28-34-42-50-58-72(2)3)70-96-100(88,89)94-66-76(83)67-95-101(90,91)97-71-78(69-93-80(85)63-55-47-41-40-44-52-60-74(6)7)99-82(87)65-57-49-39-33-27-26-29-35-43-51-59-73(4)5/h72-78,83H,9-71H2,1-8H3,(H,88,89)(H,90,91)/t75?,76-,77-,78-/m1/s1. The molecule has 0 aliphatic carbocycles. The molecule has 0 saturated heterocycles. The first-order valence-electron chi connectivity index (χ1n) is 42.2. The van der Waals surface area contributed by atoms with Gasteiger partial charge in [0.2, 0.25) is 0 Å². The van der Waals surface area contributed by atoms with E-state index >= 15 is 0 Å². The molecule has 19 heteroatoms. The molecule has 0 aromatic rings. The lowest BCUT2D eigenvalue weighted by atomic mass is 9.99. The summed E-state index contributed by atoms with van der Waals surface area (Å²) in [6, 6.07) is 0. The molecule has 0 fully saturated rings. The van der Waals surface area contributed by atoms with Crippen molar-refractivity contribution in [2.45, 2.75) is 440 Å². The molecule has 0 aromatic heterocycles. The van der Waals surface area contributed by atoms with Gasteiger partial charge >= 0.3 is 39.5 Å². The summed E-state index contributed by atoms with van der Waals surface area (Å²) >= 11 is 0. The first kappa shape index (κ1) is 99.1. The number of hydrogen-bond donors (Lipinski definition) is 3. The molecular weight excluding hydrogens is 1320 g/mol. The van der Waals surface area contributed by atoms with Gasteiger partial charge < -0.3 is 33.8 Å². The number of ether oxygens (including phenoxy) is 4. The van der Waals surface area contributed by atoms with Crippen LogP contribution in [0, 0.1) is 23.7 Å². The fourth-order valence-electron chi connectivity index (χ4n) is 12.6. The van der Waals surface area contributed by atoms with Crippen LogP contribution in [0.2, 0.25) is 0 Å². The van der Waals surface area contributed by atoms with Gasteiger partial charge in [-0.1, -0.05) is 370 Å². The van der Waals surface area contributed by atoms with Gasteiger partial charge in [0.05, 0.1) is 26.4 Å². The van der Waals surface area contributed by atoms with Crippen LogP contribution < -0.4 is 0 Å². The summed E-state index contributed by atoms with van der Waals surface area (Å²) in [5, 5.41) is 10.6. The molecule has 6 atom stereocenters. The molecule has 17 nitrogen and oxygen atoms in total. The lowest BCUT2D eigenvalue weighted by Crippen LogP contribution is -2.30. The van der Waals surface area contributed by atoms with Crippen molar-refractivity contribution in [1.82, 2.24) is 0 Å². The Morgan fingerprint density at radius 3 is 0.703 bits per heavy atom. The highest BCUT2D eigenvalue weighted by molar-refractivity contribution is 7.47. The minimum Gasteiger partial charge on any atom is -0.462 e. The SMILES string of the molecule is CCC(C)CCCCCCCCCCCCCCCCC(=O)O[C@H](COC(=O)CCCCCCCCCCCCCCCCCCCCC(C)C)COP(=O)(O)OC[C@@H](O)COP(=O)(O)OC[C@@H](COC(=O)CCCCCCCCC(C)C)OC(=O)CCCCCCCCCCCCC(C)C. The summed E-state index contributed by atoms with van der Waals surface area (Å²) in [6.07, 6.45) is 58.5. The van der Waals surface area contributed by atoms with Crippen molar-refractivity contribution in [3.63, 3.8) is 0 Å². The molecule has 3 N–H and O–H groups in total. The van der Waals surface area contributed by atoms with Crippen LogP contribution in [0.3, 0.4) is 0 Å². The zero-order valence-corrected chi connectivity index (χ0v) is 68.3. The summed E-state index contributed by atoms with van der Waals surface area (Å²) in [6.45, 7) is 14.2. The summed E-state index contributed by atoms with van der Waals surface area (Å²) in [4.78, 5) is 73.0. The molecule has 0 amide bonds. The fourth-order valence-corrected chi connectivity index (χ4v) is 14.2. The smallest absolute Gasteiger partial charge is 0.462 e. The van der Waals surface area contributed by atoms with E-state index in [0.717, 1.165) is 114 Å². The third-order valence-electron chi connectivity index (χ3n) is 19.4. The molecule has 3 unspecified atom stereocenters. The summed E-state index contributed by atoms with van der Waals surface area (Å²) in [7, 11) is -9.92. The summed E-state index contributed by atoms with van der Waals surface area (Å²) < 4.78 is 68.7. The minimum atomic E-state index is -4.96. The van der Waals surface area contributed by atoms with E-state index < -0.39 is 97.5 Å². The van der Waals surface area contributed by atoms with Crippen molar-refractivity contribution in [2.24, 2.45) is 23.7 Å². The van der Waals surface area contributed by atoms with Gasteiger partial charge in [-0.3, -0.25) is 37.3 Å². The number of rotatable bonds is 79. The molecule has 0 bridgehead atoms. The Hall–Kier alpha value is -1.94. The van der Waals surface area contributed by atoms with E-state index in [4.69, 9.17) is 37.0 Å². The van der Waals surface area contributed by atoms with Crippen molar-refractivity contribution >= 4 is 39.5 Å². The van der Waals surface area contributed by atoms with E-state index in [9.17, 15) is 43.2 Å². The highest BCUT2D eigenvalue weighted by Gasteiger charge is 2.30. The maximum Gasteiger partial charge on any atom is 0.472 e. The fraction of sp³-hybridized carbons (Fsp3) is 0.951. The van der Waals surface area contributed by atoms with Gasteiger partial charge in [-0.2, -0.15) is 0 Å². The molecule has 101 heavy (non-hydrogen) atoms. The van der Waals surface area contributed by atoms with E-state index in [1.165, 1.54) is 218 Å². The van der Waals surface area contributed by atoms with Crippen LogP contribution in [0.25, 0.3) is 0 Å². The third-order valence-corrected chi connectivity index (χ3v) is 21.3. The molecule has 0 saturated carbocycles. The van der Waals surface area contributed by atoms with Gasteiger partial charge in [0, 0.05) is 25.7 Å². The van der Waals surface area contributed by atoms with Crippen LogP contribution >= 0.6 is 15.6 Å². The van der Waals surface area contributed by atoms with Gasteiger partial charge in [-0.05, 0) is 49.4 Å². The maximum atomic E-state index is 13.1. The molecule has 0 heterocycles. The number of aliphatic hydroxyl groups is 1. The van der Waals surface area contributed by atoms with E-state index in [-0.39, 0.29) is 25.7 Å². The summed E-state index contributed by atoms with van der Waals surface area (Å²) in [5.74, 6) is 0.985. The Bertz CT molecular complexity index is 1970. The van der Waals surface area contributed by atoms with Gasteiger partial charge in [-0.15, -0.1) is 0 Å². The second-order valence-corrected chi connectivity index (χ2v) is 34.1. The number of phosphoric acid groups is 2. The quantitative estimate of drug-likeness (QED) is 0.0222. The average Bonchev–Trinajstić information content (AvgIpc) is 1.02. The van der Waals surface area contributed by atoms with Crippen LogP contribution in [0.15, 0.2) is 0 Å². The maximum absolute atomic E-state index is 13.1. The van der Waals surface area contributed by atoms with Crippen LogP contribution in [0.5, 0.6) is 0 Å². The number of esters is 4. The monoisotopic (exact) mass is 1480 g/mol. The minimum absolute atomic E-state index is 0.105. The molecule has 0 rings (SSSR count).